The standard InChI is InChI=1S/C10H15BrO/c11-8-4-3-7-10(9(8)12)5-1-2-6-10/h8H,1-7H2. The van der Waals surface area contributed by atoms with E-state index in [1.165, 1.54) is 19.3 Å². The van der Waals surface area contributed by atoms with Crippen molar-refractivity contribution in [1.82, 2.24) is 0 Å². The topological polar surface area (TPSA) is 17.1 Å². The first-order valence-electron chi connectivity index (χ1n) is 4.93. The van der Waals surface area contributed by atoms with Crippen molar-refractivity contribution in [3.63, 3.8) is 0 Å². The van der Waals surface area contributed by atoms with Crippen LogP contribution in [0.3, 0.4) is 0 Å². The minimum absolute atomic E-state index is 0.117. The van der Waals surface area contributed by atoms with Gasteiger partial charge in [-0.1, -0.05) is 35.2 Å². The summed E-state index contributed by atoms with van der Waals surface area (Å²) in [5.74, 6) is 0.506. The summed E-state index contributed by atoms with van der Waals surface area (Å²) in [6.45, 7) is 0. The fourth-order valence-corrected chi connectivity index (χ4v) is 3.56. The van der Waals surface area contributed by atoms with E-state index >= 15 is 0 Å². The minimum Gasteiger partial charge on any atom is -0.298 e. The summed E-state index contributed by atoms with van der Waals surface area (Å²) in [6, 6.07) is 0. The van der Waals surface area contributed by atoms with Crippen molar-refractivity contribution in [1.29, 1.82) is 0 Å². The zero-order valence-electron chi connectivity index (χ0n) is 7.31. The van der Waals surface area contributed by atoms with Gasteiger partial charge in [-0.3, -0.25) is 4.79 Å². The van der Waals surface area contributed by atoms with E-state index in [0.717, 1.165) is 25.7 Å². The monoisotopic (exact) mass is 230 g/mol. The molecule has 2 aliphatic carbocycles. The van der Waals surface area contributed by atoms with Gasteiger partial charge < -0.3 is 0 Å². The lowest BCUT2D eigenvalue weighted by Crippen LogP contribution is -2.38. The zero-order valence-corrected chi connectivity index (χ0v) is 8.90. The molecule has 1 unspecified atom stereocenters. The summed E-state index contributed by atoms with van der Waals surface area (Å²) < 4.78 is 0. The molecular formula is C10H15BrO. The molecule has 2 heteroatoms. The van der Waals surface area contributed by atoms with Gasteiger partial charge in [0.05, 0.1) is 4.83 Å². The van der Waals surface area contributed by atoms with Crippen molar-refractivity contribution in [2.45, 2.75) is 49.8 Å². The molecule has 0 bridgehead atoms. The quantitative estimate of drug-likeness (QED) is 0.585. The van der Waals surface area contributed by atoms with E-state index in [-0.39, 0.29) is 10.2 Å². The molecule has 0 aromatic heterocycles. The Bertz CT molecular complexity index is 194. The lowest BCUT2D eigenvalue weighted by Gasteiger charge is -2.34. The summed E-state index contributed by atoms with van der Waals surface area (Å²) in [7, 11) is 0. The third-order valence-corrected chi connectivity index (χ3v) is 4.35. The Hall–Kier alpha value is 0.150. The van der Waals surface area contributed by atoms with E-state index in [4.69, 9.17) is 0 Å². The van der Waals surface area contributed by atoms with Gasteiger partial charge in [0, 0.05) is 5.41 Å². The van der Waals surface area contributed by atoms with Crippen molar-refractivity contribution in [3.05, 3.63) is 0 Å². The molecule has 0 aromatic carbocycles. The summed E-state index contributed by atoms with van der Waals surface area (Å²) in [5.41, 5.74) is 0.117. The van der Waals surface area contributed by atoms with Crippen LogP contribution < -0.4 is 0 Å². The lowest BCUT2D eigenvalue weighted by molar-refractivity contribution is -0.130. The van der Waals surface area contributed by atoms with Crippen LogP contribution in [0.25, 0.3) is 0 Å². The number of carbonyl (C=O) groups excluding carboxylic acids is 1. The summed E-state index contributed by atoms with van der Waals surface area (Å²) >= 11 is 3.49. The molecule has 2 saturated carbocycles. The molecule has 0 aliphatic heterocycles. The van der Waals surface area contributed by atoms with E-state index in [9.17, 15) is 4.79 Å². The number of rotatable bonds is 0. The second-order valence-corrected chi connectivity index (χ2v) is 5.32. The van der Waals surface area contributed by atoms with Crippen molar-refractivity contribution in [2.75, 3.05) is 0 Å². The predicted molar refractivity (Wildman–Crippen MR) is 52.5 cm³/mol. The summed E-state index contributed by atoms with van der Waals surface area (Å²) in [5, 5.41) is 0. The van der Waals surface area contributed by atoms with Gasteiger partial charge in [-0.15, -0.1) is 0 Å². The SMILES string of the molecule is O=C1C(Br)CCCC12CCCC2. The third-order valence-electron chi connectivity index (χ3n) is 3.48. The van der Waals surface area contributed by atoms with Gasteiger partial charge in [0.1, 0.15) is 0 Å². The van der Waals surface area contributed by atoms with Crippen LogP contribution in [-0.4, -0.2) is 10.6 Å². The highest BCUT2D eigenvalue weighted by molar-refractivity contribution is 9.10. The van der Waals surface area contributed by atoms with Crippen molar-refractivity contribution in [2.24, 2.45) is 5.41 Å². The Balaban J connectivity index is 2.17. The molecule has 0 radical (unpaired) electrons. The molecule has 0 aromatic rings. The lowest BCUT2D eigenvalue weighted by atomic mass is 9.72. The molecule has 0 heterocycles. The number of carbonyl (C=O) groups is 1. The number of alkyl halides is 1. The largest absolute Gasteiger partial charge is 0.298 e. The zero-order chi connectivity index (χ0) is 8.60. The molecular weight excluding hydrogens is 216 g/mol. The van der Waals surface area contributed by atoms with E-state index < -0.39 is 0 Å². The first-order chi connectivity index (χ1) is 5.75. The maximum Gasteiger partial charge on any atom is 0.152 e. The van der Waals surface area contributed by atoms with Crippen molar-refractivity contribution in [3.8, 4) is 0 Å². The minimum atomic E-state index is 0.117. The Labute approximate surface area is 82.0 Å². The molecule has 2 fully saturated rings. The second kappa shape index (κ2) is 3.13. The van der Waals surface area contributed by atoms with Crippen LogP contribution in [-0.2, 0) is 4.79 Å². The van der Waals surface area contributed by atoms with Crippen LogP contribution >= 0.6 is 15.9 Å². The third kappa shape index (κ3) is 1.24. The maximum absolute atomic E-state index is 11.9. The Morgan fingerprint density at radius 3 is 2.42 bits per heavy atom. The highest BCUT2D eigenvalue weighted by Crippen LogP contribution is 2.47. The first kappa shape index (κ1) is 8.74. The average molecular weight is 231 g/mol. The Morgan fingerprint density at radius 1 is 1.17 bits per heavy atom. The molecule has 0 amide bonds. The first-order valence-corrected chi connectivity index (χ1v) is 5.85. The molecule has 2 aliphatic rings. The van der Waals surface area contributed by atoms with Crippen LogP contribution in [0, 0.1) is 5.41 Å². The number of hydrogen-bond donors (Lipinski definition) is 0. The van der Waals surface area contributed by atoms with Crippen LogP contribution in [0.5, 0.6) is 0 Å². The highest BCUT2D eigenvalue weighted by Gasteiger charge is 2.45. The fraction of sp³-hybridized carbons (Fsp3) is 0.900. The van der Waals surface area contributed by atoms with Gasteiger partial charge in [-0.25, -0.2) is 0 Å². The molecule has 2 rings (SSSR count). The maximum atomic E-state index is 11.9. The van der Waals surface area contributed by atoms with Crippen molar-refractivity contribution < 1.29 is 4.79 Å². The van der Waals surface area contributed by atoms with Gasteiger partial charge in [-0.05, 0) is 25.7 Å². The molecule has 68 valence electrons. The summed E-state index contributed by atoms with van der Waals surface area (Å²) in [4.78, 5) is 12.1. The van der Waals surface area contributed by atoms with Crippen LogP contribution in [0.15, 0.2) is 0 Å². The van der Waals surface area contributed by atoms with Gasteiger partial charge in [-0.2, -0.15) is 0 Å². The van der Waals surface area contributed by atoms with E-state index in [1.54, 1.807) is 0 Å². The predicted octanol–water partition coefficient (Wildman–Crippen LogP) is 3.06. The van der Waals surface area contributed by atoms with Crippen LogP contribution in [0.1, 0.15) is 44.9 Å². The average Bonchev–Trinajstić information content (AvgIpc) is 2.50. The molecule has 12 heavy (non-hydrogen) atoms. The number of halogens is 1. The van der Waals surface area contributed by atoms with E-state index in [1.807, 2.05) is 0 Å². The van der Waals surface area contributed by atoms with Gasteiger partial charge in [0.15, 0.2) is 5.78 Å². The van der Waals surface area contributed by atoms with E-state index in [2.05, 4.69) is 15.9 Å². The molecule has 1 atom stereocenters. The van der Waals surface area contributed by atoms with Gasteiger partial charge >= 0.3 is 0 Å². The van der Waals surface area contributed by atoms with Gasteiger partial charge in [0.25, 0.3) is 0 Å². The molecule has 0 saturated heterocycles. The summed E-state index contributed by atoms with van der Waals surface area (Å²) in [6.07, 6.45) is 8.31. The number of ketones is 1. The highest BCUT2D eigenvalue weighted by atomic mass is 79.9. The fourth-order valence-electron chi connectivity index (χ4n) is 2.75. The molecule has 0 N–H and O–H groups in total. The normalized spacial score (nSPS) is 34.4. The van der Waals surface area contributed by atoms with Crippen LogP contribution in [0.4, 0.5) is 0 Å². The Morgan fingerprint density at radius 2 is 1.75 bits per heavy atom. The van der Waals surface area contributed by atoms with Gasteiger partial charge in [0.2, 0.25) is 0 Å². The van der Waals surface area contributed by atoms with E-state index in [0.29, 0.717) is 5.78 Å². The number of hydrogen-bond acceptors (Lipinski definition) is 1. The van der Waals surface area contributed by atoms with Crippen LogP contribution in [0.2, 0.25) is 0 Å². The van der Waals surface area contributed by atoms with Crippen molar-refractivity contribution >= 4 is 21.7 Å². The molecule has 1 nitrogen and oxygen atoms in total. The Kier molecular flexibility index (Phi) is 2.28. The molecule has 1 spiro atoms. The number of Topliss-reactive ketones (excluding diaryl/α,β-unsaturated/α-hetero) is 1. The smallest absolute Gasteiger partial charge is 0.152 e. The second-order valence-electron chi connectivity index (χ2n) is 4.21.